The van der Waals surface area contributed by atoms with E-state index in [4.69, 9.17) is 0 Å². The molecule has 1 N–H and O–H groups in total. The number of sulfone groups is 1. The van der Waals surface area contributed by atoms with Crippen molar-refractivity contribution in [1.29, 1.82) is 0 Å². The maximum atomic E-state index is 11.8. The molecular weight excluding hydrogens is 280 g/mol. The summed E-state index contributed by atoms with van der Waals surface area (Å²) in [7, 11) is -3.45. The number of anilines is 1. The van der Waals surface area contributed by atoms with Crippen molar-refractivity contribution < 1.29 is 18.3 Å². The highest BCUT2D eigenvalue weighted by atomic mass is 32.2. The Morgan fingerprint density at radius 3 is 2.80 bits per heavy atom. The molecule has 0 amide bonds. The van der Waals surface area contributed by atoms with Gasteiger partial charge in [0.05, 0.1) is 0 Å². The van der Waals surface area contributed by atoms with Crippen molar-refractivity contribution in [3.8, 4) is 0 Å². The molecule has 2 unspecified atom stereocenters. The van der Waals surface area contributed by atoms with Gasteiger partial charge in [-0.2, -0.15) is 0 Å². The standard InChI is InChI=1S/C13H18N2O4S/c1-9-5-4-8-15(11(9)13(16)17)12-10(20(2,18)19)6-3-7-14-12/h3,6-7,9,11H,4-5,8H2,1-2H3,(H,16,17). The Hall–Kier alpha value is -1.63. The zero-order valence-corrected chi connectivity index (χ0v) is 12.3. The van der Waals surface area contributed by atoms with Gasteiger partial charge in [0.15, 0.2) is 9.84 Å². The van der Waals surface area contributed by atoms with Gasteiger partial charge in [-0.3, -0.25) is 0 Å². The number of carbonyl (C=O) groups is 1. The van der Waals surface area contributed by atoms with Crippen molar-refractivity contribution in [2.45, 2.75) is 30.7 Å². The van der Waals surface area contributed by atoms with Gasteiger partial charge in [-0.15, -0.1) is 0 Å². The molecule has 7 heteroatoms. The minimum absolute atomic E-state index is 0.0457. The molecule has 1 aliphatic heterocycles. The van der Waals surface area contributed by atoms with Crippen molar-refractivity contribution in [1.82, 2.24) is 4.98 Å². The predicted molar refractivity (Wildman–Crippen MR) is 74.5 cm³/mol. The van der Waals surface area contributed by atoms with Gasteiger partial charge in [0.1, 0.15) is 16.8 Å². The van der Waals surface area contributed by atoms with E-state index in [1.165, 1.54) is 12.3 Å². The van der Waals surface area contributed by atoms with E-state index < -0.39 is 21.8 Å². The average Bonchev–Trinajstić information content (AvgIpc) is 2.37. The van der Waals surface area contributed by atoms with Crippen LogP contribution in [0.2, 0.25) is 0 Å². The molecular formula is C13H18N2O4S. The van der Waals surface area contributed by atoms with Gasteiger partial charge >= 0.3 is 5.97 Å². The van der Waals surface area contributed by atoms with Crippen molar-refractivity contribution in [3.05, 3.63) is 18.3 Å². The third-order valence-corrected chi connectivity index (χ3v) is 4.73. The maximum Gasteiger partial charge on any atom is 0.326 e. The molecule has 0 bridgehead atoms. The highest BCUT2D eigenvalue weighted by Crippen LogP contribution is 2.31. The summed E-state index contributed by atoms with van der Waals surface area (Å²) >= 11 is 0. The van der Waals surface area contributed by atoms with Gasteiger partial charge < -0.3 is 10.0 Å². The Morgan fingerprint density at radius 1 is 1.50 bits per heavy atom. The molecule has 0 saturated carbocycles. The zero-order valence-electron chi connectivity index (χ0n) is 11.5. The Balaban J connectivity index is 2.52. The van der Waals surface area contributed by atoms with Crippen LogP contribution < -0.4 is 4.90 Å². The van der Waals surface area contributed by atoms with Crippen molar-refractivity contribution >= 4 is 21.6 Å². The Kier molecular flexibility index (Phi) is 3.99. The van der Waals surface area contributed by atoms with Crippen LogP contribution in [-0.2, 0) is 14.6 Å². The number of aromatic nitrogens is 1. The molecule has 0 spiro atoms. The summed E-state index contributed by atoms with van der Waals surface area (Å²) in [6.07, 6.45) is 4.23. The number of aliphatic carboxylic acids is 1. The van der Waals surface area contributed by atoms with Crippen LogP contribution in [0.5, 0.6) is 0 Å². The van der Waals surface area contributed by atoms with Crippen LogP contribution in [0.25, 0.3) is 0 Å². The second-order valence-electron chi connectivity index (χ2n) is 5.19. The molecule has 1 aromatic rings. The summed E-state index contributed by atoms with van der Waals surface area (Å²) in [5.41, 5.74) is 0. The average molecular weight is 298 g/mol. The van der Waals surface area contributed by atoms with E-state index in [9.17, 15) is 18.3 Å². The molecule has 2 atom stereocenters. The van der Waals surface area contributed by atoms with Crippen LogP contribution in [-0.4, -0.2) is 43.3 Å². The monoisotopic (exact) mass is 298 g/mol. The molecule has 110 valence electrons. The smallest absolute Gasteiger partial charge is 0.326 e. The van der Waals surface area contributed by atoms with Gasteiger partial charge in [-0.05, 0) is 30.9 Å². The van der Waals surface area contributed by atoms with Gasteiger partial charge in [-0.25, -0.2) is 18.2 Å². The molecule has 1 fully saturated rings. The largest absolute Gasteiger partial charge is 0.480 e. The summed E-state index contributed by atoms with van der Waals surface area (Å²) in [5, 5.41) is 9.42. The first-order chi connectivity index (χ1) is 9.32. The van der Waals surface area contributed by atoms with Crippen molar-refractivity contribution in [2.75, 3.05) is 17.7 Å². The molecule has 20 heavy (non-hydrogen) atoms. The molecule has 0 aliphatic carbocycles. The van der Waals surface area contributed by atoms with E-state index in [-0.39, 0.29) is 16.6 Å². The highest BCUT2D eigenvalue weighted by molar-refractivity contribution is 7.90. The maximum absolute atomic E-state index is 11.8. The van der Waals surface area contributed by atoms with E-state index in [1.807, 2.05) is 6.92 Å². The number of pyridine rings is 1. The van der Waals surface area contributed by atoms with Crippen LogP contribution in [0.3, 0.4) is 0 Å². The van der Waals surface area contributed by atoms with E-state index in [1.54, 1.807) is 11.0 Å². The minimum atomic E-state index is -3.45. The fourth-order valence-corrected chi connectivity index (χ4v) is 3.52. The lowest BCUT2D eigenvalue weighted by atomic mass is 9.91. The number of piperidine rings is 1. The molecule has 1 aromatic heterocycles. The van der Waals surface area contributed by atoms with Crippen LogP contribution in [0.15, 0.2) is 23.2 Å². The first-order valence-corrected chi connectivity index (χ1v) is 8.36. The molecule has 2 rings (SSSR count). The number of hydrogen-bond donors (Lipinski definition) is 1. The van der Waals surface area contributed by atoms with Gasteiger partial charge in [0.25, 0.3) is 0 Å². The van der Waals surface area contributed by atoms with E-state index in [2.05, 4.69) is 4.98 Å². The van der Waals surface area contributed by atoms with Crippen molar-refractivity contribution in [3.63, 3.8) is 0 Å². The van der Waals surface area contributed by atoms with Crippen LogP contribution in [0, 0.1) is 5.92 Å². The summed E-state index contributed by atoms with van der Waals surface area (Å²) in [4.78, 5) is 17.3. The number of carboxylic acid groups (broad SMARTS) is 1. The van der Waals surface area contributed by atoms with Crippen LogP contribution >= 0.6 is 0 Å². The second kappa shape index (κ2) is 5.40. The van der Waals surface area contributed by atoms with Crippen LogP contribution in [0.1, 0.15) is 19.8 Å². The Bertz CT molecular complexity index is 615. The third kappa shape index (κ3) is 2.77. The first kappa shape index (κ1) is 14.8. The van der Waals surface area contributed by atoms with E-state index in [0.717, 1.165) is 19.1 Å². The predicted octanol–water partition coefficient (Wildman–Crippen LogP) is 1.17. The molecule has 2 heterocycles. The van der Waals surface area contributed by atoms with Crippen LogP contribution in [0.4, 0.5) is 5.82 Å². The third-order valence-electron chi connectivity index (χ3n) is 3.61. The lowest BCUT2D eigenvalue weighted by molar-refractivity contribution is -0.140. The highest BCUT2D eigenvalue weighted by Gasteiger charge is 2.36. The number of rotatable bonds is 3. The number of carboxylic acids is 1. The summed E-state index contributed by atoms with van der Waals surface area (Å²) in [5.74, 6) is -0.744. The molecule has 0 radical (unpaired) electrons. The Labute approximate surface area is 118 Å². The molecule has 6 nitrogen and oxygen atoms in total. The Morgan fingerprint density at radius 2 is 2.20 bits per heavy atom. The topological polar surface area (TPSA) is 87.6 Å². The van der Waals surface area contributed by atoms with Crippen molar-refractivity contribution in [2.24, 2.45) is 5.92 Å². The number of hydrogen-bond acceptors (Lipinski definition) is 5. The summed E-state index contributed by atoms with van der Waals surface area (Å²) in [6.45, 7) is 2.37. The number of nitrogens with zero attached hydrogens (tertiary/aromatic N) is 2. The fraction of sp³-hybridized carbons (Fsp3) is 0.538. The summed E-state index contributed by atoms with van der Waals surface area (Å²) in [6, 6.07) is 2.28. The lowest BCUT2D eigenvalue weighted by Crippen LogP contribution is -2.50. The zero-order chi connectivity index (χ0) is 14.9. The minimum Gasteiger partial charge on any atom is -0.480 e. The molecule has 0 aromatic carbocycles. The fourth-order valence-electron chi connectivity index (χ4n) is 2.69. The van der Waals surface area contributed by atoms with E-state index >= 15 is 0 Å². The van der Waals surface area contributed by atoms with E-state index in [0.29, 0.717) is 6.54 Å². The molecule has 1 saturated heterocycles. The SMILES string of the molecule is CC1CCCN(c2ncccc2S(C)(=O)=O)C1C(=O)O. The van der Waals surface area contributed by atoms with Gasteiger partial charge in [-0.1, -0.05) is 6.92 Å². The normalized spacial score (nSPS) is 23.6. The molecule has 1 aliphatic rings. The summed E-state index contributed by atoms with van der Waals surface area (Å²) < 4.78 is 23.7. The van der Waals surface area contributed by atoms with Gasteiger partial charge in [0, 0.05) is 19.0 Å². The second-order valence-corrected chi connectivity index (χ2v) is 7.18. The van der Waals surface area contributed by atoms with Gasteiger partial charge in [0.2, 0.25) is 0 Å². The quantitative estimate of drug-likeness (QED) is 0.901. The lowest BCUT2D eigenvalue weighted by Gasteiger charge is -2.38. The first-order valence-electron chi connectivity index (χ1n) is 6.47.